The van der Waals surface area contributed by atoms with E-state index >= 15 is 0 Å². The summed E-state index contributed by atoms with van der Waals surface area (Å²) in [5.74, 6) is 1.06. The van der Waals surface area contributed by atoms with Crippen LogP contribution in [0.25, 0.3) is 0 Å². The van der Waals surface area contributed by atoms with Crippen LogP contribution in [-0.4, -0.2) is 66.3 Å². The number of nitrogens with one attached hydrogen (secondary N) is 1. The number of rotatable bonds is 5. The van der Waals surface area contributed by atoms with E-state index in [1.54, 1.807) is 0 Å². The van der Waals surface area contributed by atoms with E-state index in [1.165, 1.54) is 19.4 Å². The summed E-state index contributed by atoms with van der Waals surface area (Å²) < 4.78 is 0. The molecule has 122 valence electrons. The quantitative estimate of drug-likeness (QED) is 0.809. The predicted molar refractivity (Wildman–Crippen MR) is 84.2 cm³/mol. The molecule has 0 aromatic rings. The summed E-state index contributed by atoms with van der Waals surface area (Å²) in [7, 11) is 0. The summed E-state index contributed by atoms with van der Waals surface area (Å²) in [6, 6.07) is 0.578. The second kappa shape index (κ2) is 7.99. The van der Waals surface area contributed by atoms with Gasteiger partial charge in [-0.25, -0.2) is 4.79 Å². The average Bonchev–Trinajstić information content (AvgIpc) is 2.91. The van der Waals surface area contributed by atoms with Gasteiger partial charge in [-0.05, 0) is 44.1 Å². The maximum Gasteiger partial charge on any atom is 0.317 e. The summed E-state index contributed by atoms with van der Waals surface area (Å²) >= 11 is 0. The van der Waals surface area contributed by atoms with Gasteiger partial charge in [0.15, 0.2) is 0 Å². The maximum atomic E-state index is 12.2. The van der Waals surface area contributed by atoms with Gasteiger partial charge in [-0.15, -0.1) is 0 Å². The summed E-state index contributed by atoms with van der Waals surface area (Å²) in [4.78, 5) is 16.6. The molecule has 21 heavy (non-hydrogen) atoms. The van der Waals surface area contributed by atoms with E-state index in [9.17, 15) is 4.79 Å². The Morgan fingerprint density at radius 2 is 1.95 bits per heavy atom. The lowest BCUT2D eigenvalue weighted by Gasteiger charge is -2.32. The molecule has 2 saturated heterocycles. The number of carbonyl (C=O) groups excluding carboxylic acids is 1. The van der Waals surface area contributed by atoms with Crippen molar-refractivity contribution in [2.45, 2.75) is 45.6 Å². The van der Waals surface area contributed by atoms with E-state index in [-0.39, 0.29) is 12.6 Å². The number of hydrogen-bond acceptors (Lipinski definition) is 3. The highest BCUT2D eigenvalue weighted by molar-refractivity contribution is 5.74. The molecule has 2 aliphatic rings. The number of amides is 2. The molecule has 0 aromatic heterocycles. The molecule has 2 rings (SSSR count). The molecule has 0 unspecified atom stereocenters. The Hall–Kier alpha value is -0.810. The second-order valence-corrected chi connectivity index (χ2v) is 6.98. The first kappa shape index (κ1) is 16.6. The van der Waals surface area contributed by atoms with Gasteiger partial charge in [-0.2, -0.15) is 0 Å². The Kier molecular flexibility index (Phi) is 6.30. The molecule has 0 aromatic carbocycles. The Balaban J connectivity index is 1.71. The Labute approximate surface area is 128 Å². The van der Waals surface area contributed by atoms with Crippen LogP contribution in [-0.2, 0) is 0 Å². The lowest BCUT2D eigenvalue weighted by atomic mass is 9.98. The maximum absolute atomic E-state index is 12.2. The minimum atomic E-state index is 0.0720. The second-order valence-electron chi connectivity index (χ2n) is 6.98. The zero-order chi connectivity index (χ0) is 15.2. The number of likely N-dealkylation sites (tertiary alicyclic amines) is 2. The van der Waals surface area contributed by atoms with Crippen molar-refractivity contribution in [1.29, 1.82) is 0 Å². The van der Waals surface area contributed by atoms with Crippen LogP contribution in [0.4, 0.5) is 4.79 Å². The largest absolute Gasteiger partial charge is 0.396 e. The molecular formula is C16H31N3O2. The number of aliphatic hydroxyl groups excluding tert-OH is 1. The molecular weight excluding hydrogens is 266 g/mol. The third-order valence-electron chi connectivity index (χ3n) is 4.75. The van der Waals surface area contributed by atoms with E-state index in [4.69, 9.17) is 5.11 Å². The van der Waals surface area contributed by atoms with Crippen molar-refractivity contribution in [2.24, 2.45) is 11.8 Å². The fourth-order valence-electron chi connectivity index (χ4n) is 3.47. The first-order valence-corrected chi connectivity index (χ1v) is 8.47. The number of nitrogens with zero attached hydrogens (tertiary/aromatic N) is 2. The molecule has 2 aliphatic heterocycles. The average molecular weight is 297 g/mol. The van der Waals surface area contributed by atoms with Crippen LogP contribution in [0, 0.1) is 11.8 Å². The molecule has 1 atom stereocenters. The molecule has 2 amide bonds. The van der Waals surface area contributed by atoms with Crippen LogP contribution in [0.5, 0.6) is 0 Å². The summed E-state index contributed by atoms with van der Waals surface area (Å²) in [5.41, 5.74) is 0. The van der Waals surface area contributed by atoms with Crippen LogP contribution in [0.3, 0.4) is 0 Å². The molecule has 2 fully saturated rings. The van der Waals surface area contributed by atoms with Crippen molar-refractivity contribution < 1.29 is 9.90 Å². The van der Waals surface area contributed by atoms with Gasteiger partial charge in [0.1, 0.15) is 0 Å². The highest BCUT2D eigenvalue weighted by Crippen LogP contribution is 2.19. The van der Waals surface area contributed by atoms with Crippen molar-refractivity contribution in [3.05, 3.63) is 0 Å². The zero-order valence-electron chi connectivity index (χ0n) is 13.6. The summed E-state index contributed by atoms with van der Waals surface area (Å²) in [6.07, 6.45) is 4.29. The number of piperidine rings is 1. The van der Waals surface area contributed by atoms with E-state index in [2.05, 4.69) is 24.1 Å². The van der Waals surface area contributed by atoms with Gasteiger partial charge in [-0.1, -0.05) is 13.8 Å². The fraction of sp³-hybridized carbons (Fsp3) is 0.938. The highest BCUT2D eigenvalue weighted by Gasteiger charge is 2.27. The minimum Gasteiger partial charge on any atom is -0.396 e. The zero-order valence-corrected chi connectivity index (χ0v) is 13.6. The molecule has 0 radical (unpaired) electrons. The SMILES string of the molecule is CC(C)CN1CCC[C@H]1CNC(=O)N1CCC(CO)CC1. The molecule has 0 aliphatic carbocycles. The van der Waals surface area contributed by atoms with Crippen LogP contribution in [0.1, 0.15) is 39.5 Å². The van der Waals surface area contributed by atoms with Gasteiger partial charge in [0.2, 0.25) is 0 Å². The topological polar surface area (TPSA) is 55.8 Å². The van der Waals surface area contributed by atoms with Gasteiger partial charge in [0.05, 0.1) is 0 Å². The van der Waals surface area contributed by atoms with Crippen LogP contribution >= 0.6 is 0 Å². The molecule has 2 heterocycles. The van der Waals surface area contributed by atoms with Gasteiger partial charge >= 0.3 is 6.03 Å². The van der Waals surface area contributed by atoms with Crippen molar-refractivity contribution >= 4 is 6.03 Å². The van der Waals surface area contributed by atoms with Crippen molar-refractivity contribution in [3.8, 4) is 0 Å². The van der Waals surface area contributed by atoms with Crippen LogP contribution < -0.4 is 5.32 Å². The highest BCUT2D eigenvalue weighted by atomic mass is 16.3. The smallest absolute Gasteiger partial charge is 0.317 e. The lowest BCUT2D eigenvalue weighted by molar-refractivity contribution is 0.135. The number of aliphatic hydroxyl groups is 1. The van der Waals surface area contributed by atoms with Crippen LogP contribution in [0.2, 0.25) is 0 Å². The van der Waals surface area contributed by atoms with E-state index in [1.807, 2.05) is 4.90 Å². The first-order chi connectivity index (χ1) is 10.1. The molecule has 5 heteroatoms. The number of carbonyl (C=O) groups is 1. The molecule has 0 bridgehead atoms. The number of hydrogen-bond donors (Lipinski definition) is 2. The van der Waals surface area contributed by atoms with Crippen molar-refractivity contribution in [1.82, 2.24) is 15.1 Å². The lowest BCUT2D eigenvalue weighted by Crippen LogP contribution is -2.48. The number of urea groups is 1. The molecule has 5 nitrogen and oxygen atoms in total. The fourth-order valence-corrected chi connectivity index (χ4v) is 3.47. The molecule has 2 N–H and O–H groups in total. The van der Waals surface area contributed by atoms with Gasteiger partial charge in [0, 0.05) is 38.8 Å². The van der Waals surface area contributed by atoms with Gasteiger partial charge in [0.25, 0.3) is 0 Å². The van der Waals surface area contributed by atoms with E-state index < -0.39 is 0 Å². The van der Waals surface area contributed by atoms with E-state index in [0.717, 1.165) is 39.0 Å². The third-order valence-corrected chi connectivity index (χ3v) is 4.75. The summed E-state index contributed by atoms with van der Waals surface area (Å²) in [6.45, 7) is 9.36. The minimum absolute atomic E-state index is 0.0720. The van der Waals surface area contributed by atoms with Gasteiger partial charge < -0.3 is 15.3 Å². The van der Waals surface area contributed by atoms with E-state index in [0.29, 0.717) is 17.9 Å². The third kappa shape index (κ3) is 4.85. The predicted octanol–water partition coefficient (Wildman–Crippen LogP) is 1.52. The Morgan fingerprint density at radius 3 is 2.57 bits per heavy atom. The Bertz CT molecular complexity index is 327. The van der Waals surface area contributed by atoms with Gasteiger partial charge in [-0.3, -0.25) is 4.90 Å². The normalized spacial score (nSPS) is 24.8. The molecule has 0 saturated carbocycles. The standard InChI is InChI=1S/C16H31N3O2/c1-13(2)11-19-7-3-4-15(19)10-17-16(21)18-8-5-14(12-20)6-9-18/h13-15,20H,3-12H2,1-2H3,(H,17,21)/t15-/m0/s1. The van der Waals surface area contributed by atoms with Crippen LogP contribution in [0.15, 0.2) is 0 Å². The monoisotopic (exact) mass is 297 g/mol. The summed E-state index contributed by atoms with van der Waals surface area (Å²) in [5, 5.41) is 12.3. The Morgan fingerprint density at radius 1 is 1.24 bits per heavy atom. The van der Waals surface area contributed by atoms with Crippen molar-refractivity contribution in [2.75, 3.05) is 39.3 Å². The first-order valence-electron chi connectivity index (χ1n) is 8.47. The molecule has 0 spiro atoms. The van der Waals surface area contributed by atoms with Crippen molar-refractivity contribution in [3.63, 3.8) is 0 Å².